The Hall–Kier alpha value is -1.31. The molecule has 2 rings (SSSR count). The molecule has 114 valence electrons. The van der Waals surface area contributed by atoms with Crippen LogP contribution in [0, 0.1) is 5.41 Å². The van der Waals surface area contributed by atoms with Crippen LogP contribution < -0.4 is 10.6 Å². The minimum absolute atomic E-state index is 0.0674. The van der Waals surface area contributed by atoms with E-state index in [4.69, 9.17) is 16.3 Å². The molecule has 2 amide bonds. The van der Waals surface area contributed by atoms with E-state index >= 15 is 0 Å². The average Bonchev–Trinajstić information content (AvgIpc) is 2.76. The van der Waals surface area contributed by atoms with Crippen molar-refractivity contribution >= 4 is 45.2 Å². The van der Waals surface area contributed by atoms with E-state index in [9.17, 15) is 14.7 Å². The lowest BCUT2D eigenvalue weighted by atomic mass is 9.85. The van der Waals surface area contributed by atoms with E-state index in [2.05, 4.69) is 26.6 Å². The summed E-state index contributed by atoms with van der Waals surface area (Å²) in [5.41, 5.74) is -0.595. The Kier molecular flexibility index (Phi) is 4.75. The fourth-order valence-electron chi connectivity index (χ4n) is 1.99. The van der Waals surface area contributed by atoms with E-state index in [1.807, 2.05) is 0 Å². The van der Waals surface area contributed by atoms with E-state index < -0.39 is 23.5 Å². The van der Waals surface area contributed by atoms with Crippen LogP contribution in [0.3, 0.4) is 0 Å². The Bertz CT molecular complexity index is 583. The van der Waals surface area contributed by atoms with Gasteiger partial charge in [0.15, 0.2) is 0 Å². The van der Waals surface area contributed by atoms with Crippen molar-refractivity contribution in [1.29, 1.82) is 0 Å². The van der Waals surface area contributed by atoms with Gasteiger partial charge in [0.25, 0.3) is 0 Å². The number of benzene rings is 1. The van der Waals surface area contributed by atoms with Crippen LogP contribution in [0.2, 0.25) is 5.02 Å². The molecule has 1 aromatic rings. The van der Waals surface area contributed by atoms with Crippen LogP contribution in [0.15, 0.2) is 22.7 Å². The maximum absolute atomic E-state index is 12.0. The Balaban J connectivity index is 2.03. The highest BCUT2D eigenvalue weighted by Crippen LogP contribution is 2.29. The second-order valence-electron chi connectivity index (χ2n) is 5.01. The lowest BCUT2D eigenvalue weighted by Crippen LogP contribution is -2.50. The second-order valence-corrected chi connectivity index (χ2v) is 6.30. The highest BCUT2D eigenvalue weighted by atomic mass is 79.9. The number of amides is 2. The topological polar surface area (TPSA) is 87.7 Å². The molecule has 6 nitrogen and oxygen atoms in total. The fourth-order valence-corrected chi connectivity index (χ4v) is 2.77. The van der Waals surface area contributed by atoms with Gasteiger partial charge in [-0.05, 0) is 41.1 Å². The van der Waals surface area contributed by atoms with Gasteiger partial charge in [0.05, 0.1) is 24.9 Å². The third kappa shape index (κ3) is 3.48. The van der Waals surface area contributed by atoms with Gasteiger partial charge in [-0.15, -0.1) is 0 Å². The van der Waals surface area contributed by atoms with Gasteiger partial charge in [-0.3, -0.25) is 4.79 Å². The molecule has 0 radical (unpaired) electrons. The number of carbonyl (C=O) groups is 2. The van der Waals surface area contributed by atoms with E-state index in [0.717, 1.165) is 0 Å². The zero-order chi connectivity index (χ0) is 15.6. The molecule has 0 saturated carbocycles. The first-order chi connectivity index (χ1) is 9.83. The highest BCUT2D eigenvalue weighted by Gasteiger charge is 2.47. The molecule has 1 aromatic carbocycles. The molecule has 3 N–H and O–H groups in total. The lowest BCUT2D eigenvalue weighted by Gasteiger charge is -2.25. The molecule has 8 heteroatoms. The summed E-state index contributed by atoms with van der Waals surface area (Å²) in [5.74, 6) is -1.00. The molecule has 21 heavy (non-hydrogen) atoms. The molecule has 0 aliphatic carbocycles. The number of anilines is 1. The summed E-state index contributed by atoms with van der Waals surface area (Å²) < 4.78 is 5.81. The van der Waals surface area contributed by atoms with Gasteiger partial charge in [0, 0.05) is 9.50 Å². The molecule has 2 atom stereocenters. The van der Waals surface area contributed by atoms with Crippen LogP contribution >= 0.6 is 27.5 Å². The monoisotopic (exact) mass is 376 g/mol. The van der Waals surface area contributed by atoms with Crippen LogP contribution in [-0.2, 0) is 9.53 Å². The molecular formula is C13H14BrClN2O4. The quantitative estimate of drug-likeness (QED) is 0.756. The van der Waals surface area contributed by atoms with Gasteiger partial charge in [0.1, 0.15) is 5.41 Å². The predicted octanol–water partition coefficient (Wildman–Crippen LogP) is 2.71. The van der Waals surface area contributed by atoms with Crippen LogP contribution in [0.1, 0.15) is 6.92 Å². The van der Waals surface area contributed by atoms with Gasteiger partial charge in [-0.2, -0.15) is 0 Å². The highest BCUT2D eigenvalue weighted by molar-refractivity contribution is 9.10. The summed E-state index contributed by atoms with van der Waals surface area (Å²) in [4.78, 5) is 23.3. The number of carbonyl (C=O) groups excluding carboxylic acids is 1. The van der Waals surface area contributed by atoms with E-state index in [0.29, 0.717) is 15.2 Å². The van der Waals surface area contributed by atoms with Gasteiger partial charge in [-0.25, -0.2) is 4.79 Å². The summed E-state index contributed by atoms with van der Waals surface area (Å²) in [6.07, 6.45) is 0. The standard InChI is InChI=1S/C13H14BrClN2O4/c1-13(11(18)19)6-21-5-10(13)17-12(20)16-9-3-2-7(15)4-8(9)14/h2-4,10H,5-6H2,1H3,(H,18,19)(H2,16,17,20). The number of carboxylic acids is 1. The molecule has 1 heterocycles. The number of urea groups is 1. The number of aliphatic carboxylic acids is 1. The zero-order valence-electron chi connectivity index (χ0n) is 11.2. The SMILES string of the molecule is CC1(C(=O)O)COCC1NC(=O)Nc1ccc(Cl)cc1Br. The first-order valence-electron chi connectivity index (χ1n) is 6.16. The number of hydrogen-bond acceptors (Lipinski definition) is 3. The zero-order valence-corrected chi connectivity index (χ0v) is 13.5. The molecule has 1 aliphatic heterocycles. The van der Waals surface area contributed by atoms with Gasteiger partial charge >= 0.3 is 12.0 Å². The molecule has 1 saturated heterocycles. The first kappa shape index (κ1) is 16.1. The first-order valence-corrected chi connectivity index (χ1v) is 7.34. The van der Waals surface area contributed by atoms with Crippen molar-refractivity contribution in [3.05, 3.63) is 27.7 Å². The summed E-state index contributed by atoms with van der Waals surface area (Å²) in [6.45, 7) is 1.78. The number of hydrogen-bond donors (Lipinski definition) is 3. The van der Waals surface area contributed by atoms with Gasteiger partial charge < -0.3 is 20.5 Å². The van der Waals surface area contributed by atoms with Crippen molar-refractivity contribution in [2.75, 3.05) is 18.5 Å². The fraction of sp³-hybridized carbons (Fsp3) is 0.385. The maximum atomic E-state index is 12.0. The molecule has 1 fully saturated rings. The Morgan fingerprint density at radius 1 is 1.52 bits per heavy atom. The lowest BCUT2D eigenvalue weighted by molar-refractivity contribution is -0.148. The number of ether oxygens (including phenoxy) is 1. The molecular weight excluding hydrogens is 364 g/mol. The molecule has 0 spiro atoms. The summed E-state index contributed by atoms with van der Waals surface area (Å²) in [6, 6.07) is 3.84. The van der Waals surface area contributed by atoms with Crippen molar-refractivity contribution in [3.63, 3.8) is 0 Å². The van der Waals surface area contributed by atoms with Crippen molar-refractivity contribution in [1.82, 2.24) is 5.32 Å². The number of halogens is 2. The number of rotatable bonds is 3. The van der Waals surface area contributed by atoms with Crippen LogP contribution in [-0.4, -0.2) is 36.4 Å². The normalized spacial score (nSPS) is 24.6. The maximum Gasteiger partial charge on any atom is 0.319 e. The van der Waals surface area contributed by atoms with Crippen molar-refractivity contribution in [3.8, 4) is 0 Å². The summed E-state index contributed by atoms with van der Waals surface area (Å²) >= 11 is 9.11. The Morgan fingerprint density at radius 2 is 2.24 bits per heavy atom. The number of carboxylic acid groups (broad SMARTS) is 1. The van der Waals surface area contributed by atoms with E-state index in [-0.39, 0.29) is 13.2 Å². The third-order valence-electron chi connectivity index (χ3n) is 3.43. The minimum atomic E-state index is -1.13. The number of nitrogens with one attached hydrogen (secondary N) is 2. The van der Waals surface area contributed by atoms with Crippen LogP contribution in [0.4, 0.5) is 10.5 Å². The van der Waals surface area contributed by atoms with Crippen molar-refractivity contribution in [2.24, 2.45) is 5.41 Å². The van der Waals surface area contributed by atoms with E-state index in [1.54, 1.807) is 25.1 Å². The average molecular weight is 378 g/mol. The molecule has 0 aromatic heterocycles. The third-order valence-corrected chi connectivity index (χ3v) is 4.32. The van der Waals surface area contributed by atoms with Crippen molar-refractivity contribution < 1.29 is 19.4 Å². The largest absolute Gasteiger partial charge is 0.481 e. The van der Waals surface area contributed by atoms with Gasteiger partial charge in [-0.1, -0.05) is 11.6 Å². The predicted molar refractivity (Wildman–Crippen MR) is 81.7 cm³/mol. The molecule has 2 unspecified atom stereocenters. The smallest absolute Gasteiger partial charge is 0.319 e. The van der Waals surface area contributed by atoms with Crippen LogP contribution in [0.5, 0.6) is 0 Å². The Labute approximate surface area is 134 Å². The van der Waals surface area contributed by atoms with Crippen LogP contribution in [0.25, 0.3) is 0 Å². The minimum Gasteiger partial charge on any atom is -0.481 e. The van der Waals surface area contributed by atoms with Gasteiger partial charge in [0.2, 0.25) is 0 Å². The summed E-state index contributed by atoms with van der Waals surface area (Å²) in [5, 5.41) is 15.1. The second kappa shape index (κ2) is 6.21. The molecule has 1 aliphatic rings. The summed E-state index contributed by atoms with van der Waals surface area (Å²) in [7, 11) is 0. The van der Waals surface area contributed by atoms with Crippen molar-refractivity contribution in [2.45, 2.75) is 13.0 Å². The van der Waals surface area contributed by atoms with E-state index in [1.165, 1.54) is 0 Å². The molecule has 0 bridgehead atoms. The Morgan fingerprint density at radius 3 is 2.86 bits per heavy atom.